The van der Waals surface area contributed by atoms with Crippen molar-refractivity contribution in [1.82, 2.24) is 10.2 Å². The number of hydrogen-bond donors (Lipinski definition) is 1. The van der Waals surface area contributed by atoms with Gasteiger partial charge >= 0.3 is 0 Å². The predicted molar refractivity (Wildman–Crippen MR) is 96.9 cm³/mol. The van der Waals surface area contributed by atoms with E-state index in [0.29, 0.717) is 25.6 Å². The van der Waals surface area contributed by atoms with Crippen molar-refractivity contribution in [2.75, 3.05) is 18.8 Å². The number of likely N-dealkylation sites (tertiary alicyclic amines) is 1. The second-order valence-corrected chi connectivity index (χ2v) is 7.86. The minimum absolute atomic E-state index is 0.0496. The number of rotatable bonds is 7. The molecule has 0 unspecified atom stereocenters. The standard InChI is InChI=1S/C19H26N2O2S/c22-18-13-15(14-21(18)16-7-4-5-8-16)19(23)20-11-6-12-24-17-9-2-1-3-10-17/h1-3,9-10,15-16H,4-8,11-14H2,(H,20,23)/t15-/m1/s1. The summed E-state index contributed by atoms with van der Waals surface area (Å²) in [5.41, 5.74) is 0. The summed E-state index contributed by atoms with van der Waals surface area (Å²) in [7, 11) is 0. The Morgan fingerprint density at radius 2 is 1.96 bits per heavy atom. The minimum atomic E-state index is -0.153. The van der Waals surface area contributed by atoms with Gasteiger partial charge in [-0.2, -0.15) is 0 Å². The normalized spacial score (nSPS) is 21.4. The van der Waals surface area contributed by atoms with Crippen LogP contribution in [0.4, 0.5) is 0 Å². The van der Waals surface area contributed by atoms with Crippen LogP contribution in [0.15, 0.2) is 35.2 Å². The molecule has 2 aliphatic rings. The second kappa shape index (κ2) is 8.56. The number of hydrogen-bond acceptors (Lipinski definition) is 3. The Hall–Kier alpha value is -1.49. The molecule has 1 saturated carbocycles. The Morgan fingerprint density at radius 3 is 2.71 bits per heavy atom. The zero-order chi connectivity index (χ0) is 16.8. The van der Waals surface area contributed by atoms with E-state index in [1.54, 1.807) is 0 Å². The molecule has 1 aromatic rings. The molecule has 0 radical (unpaired) electrons. The SMILES string of the molecule is O=C(NCCCSc1ccccc1)[C@@H]1CC(=O)N(C2CCCC2)C1. The quantitative estimate of drug-likeness (QED) is 0.610. The third-order valence-electron chi connectivity index (χ3n) is 4.93. The van der Waals surface area contributed by atoms with E-state index in [1.165, 1.54) is 17.7 Å². The van der Waals surface area contributed by atoms with Gasteiger partial charge in [-0.15, -0.1) is 11.8 Å². The lowest BCUT2D eigenvalue weighted by molar-refractivity contribution is -0.130. The lowest BCUT2D eigenvalue weighted by Crippen LogP contribution is -2.37. The van der Waals surface area contributed by atoms with Gasteiger partial charge in [0.05, 0.1) is 5.92 Å². The Balaban J connectivity index is 1.34. The molecule has 1 N–H and O–H groups in total. The predicted octanol–water partition coefficient (Wildman–Crippen LogP) is 3.08. The van der Waals surface area contributed by atoms with Crippen molar-refractivity contribution < 1.29 is 9.59 Å². The summed E-state index contributed by atoms with van der Waals surface area (Å²) in [5, 5.41) is 3.01. The Kier molecular flexibility index (Phi) is 6.18. The molecule has 1 saturated heterocycles. The van der Waals surface area contributed by atoms with E-state index in [2.05, 4.69) is 17.4 Å². The molecule has 4 nitrogen and oxygen atoms in total. The lowest BCUT2D eigenvalue weighted by Gasteiger charge is -2.23. The third-order valence-corrected chi connectivity index (χ3v) is 6.03. The summed E-state index contributed by atoms with van der Waals surface area (Å²) in [5.74, 6) is 1.05. The Morgan fingerprint density at radius 1 is 1.21 bits per heavy atom. The Labute approximate surface area is 148 Å². The van der Waals surface area contributed by atoms with Crippen LogP contribution in [0.25, 0.3) is 0 Å². The average Bonchev–Trinajstić information content (AvgIpc) is 3.24. The molecule has 2 fully saturated rings. The molecule has 0 spiro atoms. The first-order valence-corrected chi connectivity index (χ1v) is 9.97. The van der Waals surface area contributed by atoms with Crippen molar-refractivity contribution in [1.29, 1.82) is 0 Å². The maximum Gasteiger partial charge on any atom is 0.225 e. The highest BCUT2D eigenvalue weighted by atomic mass is 32.2. The molecule has 3 rings (SSSR count). The van der Waals surface area contributed by atoms with Gasteiger partial charge in [-0.25, -0.2) is 0 Å². The first-order chi connectivity index (χ1) is 11.7. The molecular weight excluding hydrogens is 320 g/mol. The topological polar surface area (TPSA) is 49.4 Å². The van der Waals surface area contributed by atoms with Gasteiger partial charge in [0.2, 0.25) is 11.8 Å². The number of nitrogens with zero attached hydrogens (tertiary/aromatic N) is 1. The van der Waals surface area contributed by atoms with Crippen LogP contribution in [0.2, 0.25) is 0 Å². The van der Waals surface area contributed by atoms with Crippen molar-refractivity contribution in [2.24, 2.45) is 5.92 Å². The number of thioether (sulfide) groups is 1. The highest BCUT2D eigenvalue weighted by Gasteiger charge is 2.38. The maximum absolute atomic E-state index is 12.3. The van der Waals surface area contributed by atoms with E-state index in [4.69, 9.17) is 0 Å². The number of benzene rings is 1. The lowest BCUT2D eigenvalue weighted by atomic mass is 10.1. The molecule has 5 heteroatoms. The van der Waals surface area contributed by atoms with Gasteiger partial charge in [0, 0.05) is 30.4 Å². The summed E-state index contributed by atoms with van der Waals surface area (Å²) in [6.07, 6.45) is 5.97. The van der Waals surface area contributed by atoms with E-state index in [0.717, 1.165) is 25.0 Å². The summed E-state index contributed by atoms with van der Waals surface area (Å²) in [4.78, 5) is 27.7. The number of carbonyl (C=O) groups is 2. The van der Waals surface area contributed by atoms with Crippen LogP contribution < -0.4 is 5.32 Å². The molecule has 1 aliphatic carbocycles. The van der Waals surface area contributed by atoms with Crippen LogP contribution in [0, 0.1) is 5.92 Å². The van der Waals surface area contributed by atoms with E-state index >= 15 is 0 Å². The highest BCUT2D eigenvalue weighted by molar-refractivity contribution is 7.99. The molecule has 1 aliphatic heterocycles. The fraction of sp³-hybridized carbons (Fsp3) is 0.579. The molecular formula is C19H26N2O2S. The molecule has 2 amide bonds. The fourth-order valence-electron chi connectivity index (χ4n) is 3.61. The zero-order valence-electron chi connectivity index (χ0n) is 14.1. The van der Waals surface area contributed by atoms with Gasteiger partial charge in [-0.05, 0) is 37.1 Å². The van der Waals surface area contributed by atoms with Gasteiger partial charge < -0.3 is 10.2 Å². The van der Waals surface area contributed by atoms with E-state index in [9.17, 15) is 9.59 Å². The summed E-state index contributed by atoms with van der Waals surface area (Å²) in [6.45, 7) is 1.31. The van der Waals surface area contributed by atoms with E-state index < -0.39 is 0 Å². The third kappa shape index (κ3) is 4.53. The van der Waals surface area contributed by atoms with Crippen LogP contribution in [0.1, 0.15) is 38.5 Å². The summed E-state index contributed by atoms with van der Waals surface area (Å²) < 4.78 is 0. The van der Waals surface area contributed by atoms with Gasteiger partial charge in [-0.1, -0.05) is 31.0 Å². The van der Waals surface area contributed by atoms with Crippen molar-refractivity contribution in [3.63, 3.8) is 0 Å². The number of nitrogens with one attached hydrogen (secondary N) is 1. The molecule has 1 atom stereocenters. The molecule has 24 heavy (non-hydrogen) atoms. The monoisotopic (exact) mass is 346 g/mol. The van der Waals surface area contributed by atoms with Crippen molar-refractivity contribution in [3.8, 4) is 0 Å². The molecule has 1 aromatic carbocycles. The Bertz CT molecular complexity index is 558. The second-order valence-electron chi connectivity index (χ2n) is 6.69. The summed E-state index contributed by atoms with van der Waals surface area (Å²) in [6, 6.07) is 10.7. The first kappa shape index (κ1) is 17.3. The van der Waals surface area contributed by atoms with Gasteiger partial charge in [0.1, 0.15) is 0 Å². The first-order valence-electron chi connectivity index (χ1n) is 8.99. The van der Waals surface area contributed by atoms with Crippen LogP contribution in [-0.2, 0) is 9.59 Å². The van der Waals surface area contributed by atoms with Gasteiger partial charge in [-0.3, -0.25) is 9.59 Å². The molecule has 130 valence electrons. The molecule has 0 aromatic heterocycles. The van der Waals surface area contributed by atoms with Crippen molar-refractivity contribution in [2.45, 2.75) is 49.5 Å². The van der Waals surface area contributed by atoms with Crippen molar-refractivity contribution >= 4 is 23.6 Å². The van der Waals surface area contributed by atoms with Gasteiger partial charge in [0.25, 0.3) is 0 Å². The van der Waals surface area contributed by atoms with Crippen LogP contribution >= 0.6 is 11.8 Å². The largest absolute Gasteiger partial charge is 0.356 e. The van der Waals surface area contributed by atoms with Crippen molar-refractivity contribution in [3.05, 3.63) is 30.3 Å². The minimum Gasteiger partial charge on any atom is -0.356 e. The fourth-order valence-corrected chi connectivity index (χ4v) is 4.48. The average molecular weight is 346 g/mol. The smallest absolute Gasteiger partial charge is 0.225 e. The molecule has 1 heterocycles. The highest BCUT2D eigenvalue weighted by Crippen LogP contribution is 2.29. The van der Waals surface area contributed by atoms with Crippen LogP contribution in [-0.4, -0.2) is 41.6 Å². The molecule has 0 bridgehead atoms. The van der Waals surface area contributed by atoms with E-state index in [-0.39, 0.29) is 17.7 Å². The van der Waals surface area contributed by atoms with Crippen LogP contribution in [0.3, 0.4) is 0 Å². The van der Waals surface area contributed by atoms with Crippen LogP contribution in [0.5, 0.6) is 0 Å². The van der Waals surface area contributed by atoms with E-state index in [1.807, 2.05) is 34.9 Å². The number of amides is 2. The number of carbonyl (C=O) groups excluding carboxylic acids is 2. The summed E-state index contributed by atoms with van der Waals surface area (Å²) >= 11 is 1.81. The maximum atomic E-state index is 12.3. The zero-order valence-corrected chi connectivity index (χ0v) is 14.9. The van der Waals surface area contributed by atoms with Gasteiger partial charge in [0.15, 0.2) is 0 Å².